The average Bonchev–Trinajstić information content (AvgIpc) is 3.42. The first-order chi connectivity index (χ1) is 14.7. The van der Waals surface area contributed by atoms with Crippen LogP contribution in [0, 0.1) is 5.92 Å². The summed E-state index contributed by atoms with van der Waals surface area (Å²) < 4.78 is 6.75. The van der Waals surface area contributed by atoms with Gasteiger partial charge in [0.05, 0.1) is 10.2 Å². The molecule has 1 aromatic heterocycles. The minimum Gasteiger partial charge on any atom is -0.444 e. The van der Waals surface area contributed by atoms with E-state index in [-0.39, 0.29) is 0 Å². The van der Waals surface area contributed by atoms with Crippen LogP contribution in [0.3, 0.4) is 0 Å². The van der Waals surface area contributed by atoms with E-state index in [0.29, 0.717) is 28.1 Å². The van der Waals surface area contributed by atoms with Crippen LogP contribution in [-0.2, 0) is 4.74 Å². The molecule has 0 saturated heterocycles. The van der Waals surface area contributed by atoms with E-state index in [4.69, 9.17) is 21.3 Å². The van der Waals surface area contributed by atoms with E-state index in [9.17, 15) is 9.90 Å². The van der Waals surface area contributed by atoms with E-state index in [1.165, 1.54) is 11.3 Å². The molecule has 0 spiro atoms. The molecule has 1 heterocycles. The molecule has 1 amide bonds. The Morgan fingerprint density at radius 2 is 2.00 bits per heavy atom. The molecule has 0 aliphatic heterocycles. The SMILES string of the molecule is CC(C)(C)OC(=O)N(CC1CC1)C(c1nc2ccccc2s1)C(O)c1cccc(Cl)c1. The highest BCUT2D eigenvalue weighted by Crippen LogP contribution is 2.42. The second-order valence-electron chi connectivity index (χ2n) is 9.04. The van der Waals surface area contributed by atoms with Crippen molar-refractivity contribution in [3.63, 3.8) is 0 Å². The van der Waals surface area contributed by atoms with Crippen molar-refractivity contribution >= 4 is 39.2 Å². The lowest BCUT2D eigenvalue weighted by atomic mass is 10.0. The molecule has 1 fully saturated rings. The number of thiazole rings is 1. The zero-order chi connectivity index (χ0) is 22.2. The Kier molecular flexibility index (Phi) is 6.24. The lowest BCUT2D eigenvalue weighted by Crippen LogP contribution is -2.42. The van der Waals surface area contributed by atoms with E-state index in [0.717, 1.165) is 23.1 Å². The third kappa shape index (κ3) is 5.37. The summed E-state index contributed by atoms with van der Waals surface area (Å²) in [4.78, 5) is 19.7. The van der Waals surface area contributed by atoms with Gasteiger partial charge in [-0.1, -0.05) is 35.9 Å². The van der Waals surface area contributed by atoms with Crippen LogP contribution in [-0.4, -0.2) is 33.2 Å². The fourth-order valence-corrected chi connectivity index (χ4v) is 4.84. The molecule has 0 radical (unpaired) electrons. The van der Waals surface area contributed by atoms with Gasteiger partial charge in [0.1, 0.15) is 22.8 Å². The molecular weight excluding hydrogens is 432 g/mol. The molecule has 3 aromatic rings. The number of fused-ring (bicyclic) bond motifs is 1. The molecule has 1 N–H and O–H groups in total. The standard InChI is InChI=1S/C24H27ClN2O3S/c1-24(2,3)30-23(29)27(14-15-11-12-15)20(21(28)16-7-6-8-17(25)13-16)22-26-18-9-4-5-10-19(18)31-22/h4-10,13,15,20-21,28H,11-12,14H2,1-3H3. The number of aliphatic hydroxyl groups excluding tert-OH is 1. The number of hydrogen-bond donors (Lipinski definition) is 1. The van der Waals surface area contributed by atoms with Crippen molar-refractivity contribution in [2.24, 2.45) is 5.92 Å². The van der Waals surface area contributed by atoms with Crippen LogP contribution >= 0.6 is 22.9 Å². The summed E-state index contributed by atoms with van der Waals surface area (Å²) in [5.41, 5.74) is 0.848. The summed E-state index contributed by atoms with van der Waals surface area (Å²) in [5.74, 6) is 0.413. The Balaban J connectivity index is 1.79. The molecule has 0 bridgehead atoms. The fourth-order valence-electron chi connectivity index (χ4n) is 3.53. The summed E-state index contributed by atoms with van der Waals surface area (Å²) in [5, 5.41) is 12.7. The zero-order valence-electron chi connectivity index (χ0n) is 17.9. The molecule has 1 aliphatic carbocycles. The van der Waals surface area contributed by atoms with Gasteiger partial charge in [0.2, 0.25) is 0 Å². The maximum atomic E-state index is 13.3. The number of para-hydroxylation sites is 1. The summed E-state index contributed by atoms with van der Waals surface area (Å²) in [6, 6.07) is 14.3. The topological polar surface area (TPSA) is 62.7 Å². The van der Waals surface area contributed by atoms with Gasteiger partial charge in [-0.25, -0.2) is 9.78 Å². The highest BCUT2D eigenvalue weighted by molar-refractivity contribution is 7.18. The molecule has 31 heavy (non-hydrogen) atoms. The quantitative estimate of drug-likeness (QED) is 0.466. The molecule has 1 aliphatic rings. The van der Waals surface area contributed by atoms with Crippen LogP contribution in [0.1, 0.15) is 56.3 Å². The number of ether oxygens (including phenoxy) is 1. The predicted octanol–water partition coefficient (Wildman–Crippen LogP) is 6.37. The number of aromatic nitrogens is 1. The van der Waals surface area contributed by atoms with Crippen molar-refractivity contribution in [3.05, 3.63) is 64.1 Å². The highest BCUT2D eigenvalue weighted by Gasteiger charge is 2.40. The van der Waals surface area contributed by atoms with Gasteiger partial charge in [0.25, 0.3) is 0 Å². The molecule has 4 rings (SSSR count). The Bertz CT molecular complexity index is 1040. The molecule has 7 heteroatoms. The van der Waals surface area contributed by atoms with Gasteiger partial charge in [0, 0.05) is 11.6 Å². The maximum Gasteiger partial charge on any atom is 0.410 e. The second-order valence-corrected chi connectivity index (χ2v) is 10.5. The molecule has 164 valence electrons. The van der Waals surface area contributed by atoms with Crippen molar-refractivity contribution in [3.8, 4) is 0 Å². The summed E-state index contributed by atoms with van der Waals surface area (Å²) in [6.45, 7) is 6.06. The van der Waals surface area contributed by atoms with Crippen LogP contribution in [0.4, 0.5) is 4.79 Å². The van der Waals surface area contributed by atoms with Crippen LogP contribution in [0.25, 0.3) is 10.2 Å². The Hall–Kier alpha value is -2.15. The minimum atomic E-state index is -0.995. The van der Waals surface area contributed by atoms with Crippen molar-refractivity contribution in [2.45, 2.75) is 51.4 Å². The van der Waals surface area contributed by atoms with Gasteiger partial charge in [-0.3, -0.25) is 4.90 Å². The maximum absolute atomic E-state index is 13.3. The largest absolute Gasteiger partial charge is 0.444 e. The first-order valence-electron chi connectivity index (χ1n) is 10.5. The summed E-state index contributed by atoms with van der Waals surface area (Å²) in [6.07, 6.45) is 0.702. The number of carbonyl (C=O) groups is 1. The number of rotatable bonds is 6. The third-order valence-corrected chi connectivity index (χ3v) is 6.51. The normalized spacial score (nSPS) is 16.2. The number of nitrogens with zero attached hydrogens (tertiary/aromatic N) is 2. The number of halogens is 1. The molecule has 1 saturated carbocycles. The zero-order valence-corrected chi connectivity index (χ0v) is 19.5. The van der Waals surface area contributed by atoms with Crippen molar-refractivity contribution in [1.82, 2.24) is 9.88 Å². The van der Waals surface area contributed by atoms with Crippen LogP contribution in [0.2, 0.25) is 5.02 Å². The lowest BCUT2D eigenvalue weighted by molar-refractivity contribution is -0.00883. The first-order valence-corrected chi connectivity index (χ1v) is 11.7. The van der Waals surface area contributed by atoms with Crippen molar-refractivity contribution in [1.29, 1.82) is 0 Å². The van der Waals surface area contributed by atoms with Gasteiger partial charge in [-0.2, -0.15) is 0 Å². The van der Waals surface area contributed by atoms with Gasteiger partial charge in [-0.05, 0) is 69.4 Å². The third-order valence-electron chi connectivity index (χ3n) is 5.17. The van der Waals surface area contributed by atoms with Gasteiger partial charge in [0.15, 0.2) is 0 Å². The van der Waals surface area contributed by atoms with Crippen LogP contribution in [0.5, 0.6) is 0 Å². The molecule has 2 atom stereocenters. The van der Waals surface area contributed by atoms with E-state index in [2.05, 4.69) is 0 Å². The van der Waals surface area contributed by atoms with Crippen LogP contribution in [0.15, 0.2) is 48.5 Å². The first kappa shape index (κ1) is 22.1. The van der Waals surface area contributed by atoms with E-state index < -0.39 is 23.8 Å². The number of hydrogen-bond acceptors (Lipinski definition) is 5. The van der Waals surface area contributed by atoms with Gasteiger partial charge >= 0.3 is 6.09 Å². The molecule has 2 aromatic carbocycles. The smallest absolute Gasteiger partial charge is 0.410 e. The van der Waals surface area contributed by atoms with E-state index in [1.807, 2.05) is 51.1 Å². The van der Waals surface area contributed by atoms with Gasteiger partial charge in [-0.15, -0.1) is 11.3 Å². The Morgan fingerprint density at radius 1 is 1.26 bits per heavy atom. The minimum absolute atomic E-state index is 0.413. The fraction of sp³-hybridized carbons (Fsp3) is 0.417. The molecule has 2 unspecified atom stereocenters. The Morgan fingerprint density at radius 3 is 2.65 bits per heavy atom. The predicted molar refractivity (Wildman–Crippen MR) is 124 cm³/mol. The number of benzene rings is 2. The number of aliphatic hydroxyl groups is 1. The van der Waals surface area contributed by atoms with Crippen molar-refractivity contribution < 1.29 is 14.6 Å². The second kappa shape index (κ2) is 8.77. The van der Waals surface area contributed by atoms with E-state index >= 15 is 0 Å². The highest BCUT2D eigenvalue weighted by atomic mass is 35.5. The number of carbonyl (C=O) groups excluding carboxylic acids is 1. The number of amides is 1. The monoisotopic (exact) mass is 458 g/mol. The average molecular weight is 459 g/mol. The summed E-state index contributed by atoms with van der Waals surface area (Å²) >= 11 is 7.69. The van der Waals surface area contributed by atoms with E-state index in [1.54, 1.807) is 23.1 Å². The van der Waals surface area contributed by atoms with Crippen LogP contribution < -0.4 is 0 Å². The van der Waals surface area contributed by atoms with Gasteiger partial charge < -0.3 is 9.84 Å². The Labute approximate surface area is 191 Å². The summed E-state index contributed by atoms with van der Waals surface area (Å²) in [7, 11) is 0. The van der Waals surface area contributed by atoms with Crippen molar-refractivity contribution in [2.75, 3.05) is 6.54 Å². The molecule has 5 nitrogen and oxygen atoms in total. The lowest BCUT2D eigenvalue weighted by Gasteiger charge is -2.35. The molecular formula is C24H27ClN2O3S.